The van der Waals surface area contributed by atoms with Crippen molar-refractivity contribution in [3.05, 3.63) is 51.4 Å². The monoisotopic (exact) mass is 360 g/mol. The van der Waals surface area contributed by atoms with Gasteiger partial charge in [0.2, 0.25) is 0 Å². The van der Waals surface area contributed by atoms with Crippen molar-refractivity contribution < 1.29 is 14.6 Å². The van der Waals surface area contributed by atoms with Crippen molar-refractivity contribution in [1.29, 1.82) is 0 Å². The lowest BCUT2D eigenvalue weighted by Crippen LogP contribution is -2.30. The first-order chi connectivity index (χ1) is 12.0. The van der Waals surface area contributed by atoms with Gasteiger partial charge in [0.25, 0.3) is 5.56 Å². The first-order valence-electron chi connectivity index (χ1n) is 7.89. The zero-order chi connectivity index (χ0) is 18.0. The van der Waals surface area contributed by atoms with Crippen LogP contribution in [0.25, 0.3) is 10.2 Å². The molecule has 0 aliphatic rings. The summed E-state index contributed by atoms with van der Waals surface area (Å²) in [6, 6.07) is 7.10. The lowest BCUT2D eigenvalue weighted by atomic mass is 10.2. The molecule has 1 aromatic carbocycles. The van der Waals surface area contributed by atoms with Crippen molar-refractivity contribution >= 4 is 21.6 Å². The second kappa shape index (κ2) is 7.25. The molecule has 1 atom stereocenters. The topological polar surface area (TPSA) is 73.6 Å². The SMILES string of the molecule is COc1ccc(OCC(O)Cn2cnc3sc(C)c(C)c3c2=O)cc1. The Labute approximate surface area is 149 Å². The zero-order valence-electron chi connectivity index (χ0n) is 14.4. The third kappa shape index (κ3) is 3.67. The number of fused-ring (bicyclic) bond motifs is 1. The Kier molecular flexibility index (Phi) is 5.06. The summed E-state index contributed by atoms with van der Waals surface area (Å²) in [6.45, 7) is 4.11. The van der Waals surface area contributed by atoms with E-state index in [4.69, 9.17) is 9.47 Å². The van der Waals surface area contributed by atoms with Crippen LogP contribution in [0.15, 0.2) is 35.4 Å². The minimum Gasteiger partial charge on any atom is -0.497 e. The second-order valence-electron chi connectivity index (χ2n) is 5.81. The van der Waals surface area contributed by atoms with Crippen LogP contribution >= 0.6 is 11.3 Å². The summed E-state index contributed by atoms with van der Waals surface area (Å²) in [6.07, 6.45) is 0.662. The molecule has 0 bridgehead atoms. The minimum absolute atomic E-state index is 0.0818. The number of hydrogen-bond donors (Lipinski definition) is 1. The van der Waals surface area contributed by atoms with Gasteiger partial charge in [0, 0.05) is 4.88 Å². The molecule has 6 nitrogen and oxygen atoms in total. The number of hydrogen-bond acceptors (Lipinski definition) is 6. The molecule has 3 rings (SSSR count). The summed E-state index contributed by atoms with van der Waals surface area (Å²) >= 11 is 1.51. The van der Waals surface area contributed by atoms with Crippen molar-refractivity contribution in [2.24, 2.45) is 0 Å². The first-order valence-corrected chi connectivity index (χ1v) is 8.71. The summed E-state index contributed by atoms with van der Waals surface area (Å²) < 4.78 is 12.1. The van der Waals surface area contributed by atoms with E-state index in [9.17, 15) is 9.90 Å². The lowest BCUT2D eigenvalue weighted by molar-refractivity contribution is 0.0914. The summed E-state index contributed by atoms with van der Waals surface area (Å²) in [5, 5.41) is 10.8. The average molecular weight is 360 g/mol. The molecule has 0 saturated carbocycles. The number of aliphatic hydroxyl groups excluding tert-OH is 1. The molecule has 0 radical (unpaired) electrons. The van der Waals surface area contributed by atoms with Crippen molar-refractivity contribution in [2.45, 2.75) is 26.5 Å². The summed E-state index contributed by atoms with van der Waals surface area (Å²) in [7, 11) is 1.60. The maximum Gasteiger partial charge on any atom is 0.262 e. The van der Waals surface area contributed by atoms with E-state index >= 15 is 0 Å². The normalized spacial score (nSPS) is 12.3. The number of ether oxygens (including phenoxy) is 2. The predicted molar refractivity (Wildman–Crippen MR) is 97.8 cm³/mol. The largest absolute Gasteiger partial charge is 0.497 e. The number of aliphatic hydroxyl groups is 1. The molecular weight excluding hydrogens is 340 g/mol. The number of benzene rings is 1. The predicted octanol–water partition coefficient (Wildman–Crippen LogP) is 2.52. The summed E-state index contributed by atoms with van der Waals surface area (Å²) in [5.74, 6) is 1.37. The van der Waals surface area contributed by atoms with E-state index in [1.165, 1.54) is 22.2 Å². The highest BCUT2D eigenvalue weighted by molar-refractivity contribution is 7.18. The number of aryl methyl sites for hydroxylation is 2. The average Bonchev–Trinajstić information content (AvgIpc) is 2.91. The number of rotatable bonds is 6. The van der Waals surface area contributed by atoms with Gasteiger partial charge >= 0.3 is 0 Å². The standard InChI is InChI=1S/C18H20N2O4S/c1-11-12(2)25-17-16(11)18(22)20(10-19-17)8-13(21)9-24-15-6-4-14(23-3)5-7-15/h4-7,10,13,21H,8-9H2,1-3H3. The third-order valence-electron chi connectivity index (χ3n) is 4.07. The van der Waals surface area contributed by atoms with Gasteiger partial charge in [-0.05, 0) is 43.7 Å². The highest BCUT2D eigenvalue weighted by atomic mass is 32.1. The van der Waals surface area contributed by atoms with E-state index < -0.39 is 6.10 Å². The quantitative estimate of drug-likeness (QED) is 0.731. The molecule has 132 valence electrons. The van der Waals surface area contributed by atoms with E-state index in [-0.39, 0.29) is 18.7 Å². The van der Waals surface area contributed by atoms with E-state index in [0.29, 0.717) is 11.1 Å². The van der Waals surface area contributed by atoms with Crippen molar-refractivity contribution in [3.8, 4) is 11.5 Å². The van der Waals surface area contributed by atoms with Gasteiger partial charge in [-0.2, -0.15) is 0 Å². The van der Waals surface area contributed by atoms with Crippen molar-refractivity contribution in [2.75, 3.05) is 13.7 Å². The Balaban J connectivity index is 1.69. The first kappa shape index (κ1) is 17.4. The van der Waals surface area contributed by atoms with Crippen molar-refractivity contribution in [3.63, 3.8) is 0 Å². The van der Waals surface area contributed by atoms with Crippen LogP contribution in [0, 0.1) is 13.8 Å². The Morgan fingerprint density at radius 3 is 2.60 bits per heavy atom. The van der Waals surface area contributed by atoms with Gasteiger partial charge in [-0.1, -0.05) is 0 Å². The van der Waals surface area contributed by atoms with Crippen LogP contribution in [0.2, 0.25) is 0 Å². The van der Waals surface area contributed by atoms with Gasteiger partial charge in [0.1, 0.15) is 29.0 Å². The Morgan fingerprint density at radius 1 is 1.24 bits per heavy atom. The molecule has 25 heavy (non-hydrogen) atoms. The van der Waals surface area contributed by atoms with Crippen LogP contribution in [0.1, 0.15) is 10.4 Å². The van der Waals surface area contributed by atoms with Crippen LogP contribution in [-0.4, -0.2) is 34.5 Å². The summed E-state index contributed by atoms with van der Waals surface area (Å²) in [4.78, 5) is 18.8. The molecule has 1 unspecified atom stereocenters. The van der Waals surface area contributed by atoms with Gasteiger partial charge in [0.15, 0.2) is 0 Å². The van der Waals surface area contributed by atoms with Gasteiger partial charge < -0.3 is 14.6 Å². The third-order valence-corrected chi connectivity index (χ3v) is 5.18. The van der Waals surface area contributed by atoms with Gasteiger partial charge in [-0.15, -0.1) is 11.3 Å². The molecule has 2 aromatic heterocycles. The molecule has 0 spiro atoms. The van der Waals surface area contributed by atoms with E-state index in [1.54, 1.807) is 31.4 Å². The molecule has 2 heterocycles. The lowest BCUT2D eigenvalue weighted by Gasteiger charge is -2.14. The molecular formula is C18H20N2O4S. The maximum atomic E-state index is 12.6. The molecule has 0 saturated heterocycles. The van der Waals surface area contributed by atoms with Crippen LogP contribution in [0.3, 0.4) is 0 Å². The van der Waals surface area contributed by atoms with E-state index in [2.05, 4.69) is 4.98 Å². The smallest absolute Gasteiger partial charge is 0.262 e. The fourth-order valence-corrected chi connectivity index (χ4v) is 3.53. The van der Waals surface area contributed by atoms with Crippen LogP contribution in [0.5, 0.6) is 11.5 Å². The van der Waals surface area contributed by atoms with Gasteiger partial charge in [-0.3, -0.25) is 9.36 Å². The molecule has 0 fully saturated rings. The van der Waals surface area contributed by atoms with Crippen LogP contribution in [0.4, 0.5) is 0 Å². The van der Waals surface area contributed by atoms with E-state index in [1.807, 2.05) is 13.8 Å². The van der Waals surface area contributed by atoms with Gasteiger partial charge in [0.05, 0.1) is 25.4 Å². The zero-order valence-corrected chi connectivity index (χ0v) is 15.2. The molecule has 0 aliphatic heterocycles. The molecule has 0 aliphatic carbocycles. The molecule has 1 N–H and O–H groups in total. The fraction of sp³-hybridized carbons (Fsp3) is 0.333. The number of nitrogens with zero attached hydrogens (tertiary/aromatic N) is 2. The number of thiophene rings is 1. The summed E-state index contributed by atoms with van der Waals surface area (Å²) in [5.41, 5.74) is 0.825. The second-order valence-corrected chi connectivity index (χ2v) is 7.01. The maximum absolute atomic E-state index is 12.6. The Morgan fingerprint density at radius 2 is 1.92 bits per heavy atom. The highest BCUT2D eigenvalue weighted by Gasteiger charge is 2.14. The number of aromatic nitrogens is 2. The van der Waals surface area contributed by atoms with E-state index in [0.717, 1.165) is 21.0 Å². The molecule has 0 amide bonds. The van der Waals surface area contributed by atoms with Crippen LogP contribution in [-0.2, 0) is 6.54 Å². The minimum atomic E-state index is -0.820. The highest BCUT2D eigenvalue weighted by Crippen LogP contribution is 2.25. The van der Waals surface area contributed by atoms with Gasteiger partial charge in [-0.25, -0.2) is 4.98 Å². The number of methoxy groups -OCH3 is 1. The molecule has 3 aromatic rings. The fourth-order valence-electron chi connectivity index (χ4n) is 2.54. The van der Waals surface area contributed by atoms with Crippen LogP contribution < -0.4 is 15.0 Å². The van der Waals surface area contributed by atoms with Crippen molar-refractivity contribution in [1.82, 2.24) is 9.55 Å². The molecule has 7 heteroatoms. The Hall–Kier alpha value is -2.38. The Bertz CT molecular complexity index is 931.